The molecule has 0 spiro atoms. The van der Waals surface area contributed by atoms with E-state index in [1.165, 1.54) is 11.3 Å². The molecular formula is C21H25ClN4O2S. The summed E-state index contributed by atoms with van der Waals surface area (Å²) in [5.41, 5.74) is 0.718. The number of pyridine rings is 1. The largest absolute Gasteiger partial charge is 0.357 e. The van der Waals surface area contributed by atoms with E-state index < -0.39 is 0 Å². The summed E-state index contributed by atoms with van der Waals surface area (Å²) in [6, 6.07) is 5.76. The van der Waals surface area contributed by atoms with Crippen LogP contribution in [0.4, 0.5) is 5.82 Å². The van der Waals surface area contributed by atoms with Crippen molar-refractivity contribution in [1.82, 2.24) is 15.2 Å². The van der Waals surface area contributed by atoms with E-state index in [1.54, 1.807) is 6.20 Å². The number of carbonyl (C=O) groups excluding carboxylic acids is 2. The number of anilines is 1. The van der Waals surface area contributed by atoms with E-state index >= 15 is 0 Å². The molecule has 2 aliphatic heterocycles. The van der Waals surface area contributed by atoms with Crippen LogP contribution in [0.1, 0.15) is 36.0 Å². The molecule has 4 rings (SSSR count). The number of piperidine rings is 2. The van der Waals surface area contributed by atoms with Gasteiger partial charge in [0.2, 0.25) is 5.91 Å². The second-order valence-corrected chi connectivity index (χ2v) is 8.90. The van der Waals surface area contributed by atoms with E-state index in [4.69, 9.17) is 11.6 Å². The summed E-state index contributed by atoms with van der Waals surface area (Å²) >= 11 is 7.43. The summed E-state index contributed by atoms with van der Waals surface area (Å²) in [7, 11) is 0. The van der Waals surface area contributed by atoms with Gasteiger partial charge in [-0.05, 0) is 49.3 Å². The van der Waals surface area contributed by atoms with Gasteiger partial charge in [-0.1, -0.05) is 11.6 Å². The zero-order valence-electron chi connectivity index (χ0n) is 16.2. The number of hydrogen-bond acceptors (Lipinski definition) is 5. The molecule has 0 atom stereocenters. The SMILES string of the molecule is O=C(NC1CCN(C(=O)C2CCN(c3ccc(Cl)cn3)CC2)CC1)c1ccsc1. The lowest BCUT2D eigenvalue weighted by molar-refractivity contribution is -0.137. The highest BCUT2D eigenvalue weighted by Gasteiger charge is 2.31. The Morgan fingerprint density at radius 3 is 2.45 bits per heavy atom. The maximum Gasteiger partial charge on any atom is 0.252 e. The van der Waals surface area contributed by atoms with Crippen LogP contribution in [0, 0.1) is 5.92 Å². The molecule has 2 aromatic rings. The predicted octanol–water partition coefficient (Wildman–Crippen LogP) is 3.43. The van der Waals surface area contributed by atoms with Gasteiger partial charge < -0.3 is 15.1 Å². The first kappa shape index (κ1) is 20.2. The van der Waals surface area contributed by atoms with E-state index in [0.717, 1.165) is 50.2 Å². The van der Waals surface area contributed by atoms with Crippen molar-refractivity contribution in [3.05, 3.63) is 45.7 Å². The van der Waals surface area contributed by atoms with Gasteiger partial charge in [0.15, 0.2) is 0 Å². The highest BCUT2D eigenvalue weighted by Crippen LogP contribution is 2.25. The normalized spacial score (nSPS) is 18.7. The number of likely N-dealkylation sites (tertiary alicyclic amines) is 1. The number of thiophene rings is 1. The van der Waals surface area contributed by atoms with Gasteiger partial charge in [-0.3, -0.25) is 9.59 Å². The molecule has 1 N–H and O–H groups in total. The summed E-state index contributed by atoms with van der Waals surface area (Å²) in [6.45, 7) is 3.09. The molecule has 2 saturated heterocycles. The quantitative estimate of drug-likeness (QED) is 0.803. The molecule has 2 amide bonds. The molecule has 2 aliphatic rings. The number of nitrogens with one attached hydrogen (secondary N) is 1. The Kier molecular flexibility index (Phi) is 6.35. The molecule has 2 fully saturated rings. The second-order valence-electron chi connectivity index (χ2n) is 7.68. The van der Waals surface area contributed by atoms with Gasteiger partial charge in [-0.2, -0.15) is 11.3 Å². The van der Waals surface area contributed by atoms with E-state index in [2.05, 4.69) is 15.2 Å². The van der Waals surface area contributed by atoms with Gasteiger partial charge >= 0.3 is 0 Å². The minimum atomic E-state index is -0.0146. The smallest absolute Gasteiger partial charge is 0.252 e. The lowest BCUT2D eigenvalue weighted by Gasteiger charge is -2.37. The molecule has 0 aliphatic carbocycles. The topological polar surface area (TPSA) is 65.5 Å². The van der Waals surface area contributed by atoms with E-state index in [-0.39, 0.29) is 23.8 Å². The third-order valence-electron chi connectivity index (χ3n) is 5.81. The Morgan fingerprint density at radius 1 is 1.07 bits per heavy atom. The first-order valence-corrected chi connectivity index (χ1v) is 11.4. The number of rotatable bonds is 4. The van der Waals surface area contributed by atoms with E-state index in [0.29, 0.717) is 18.1 Å². The second kappa shape index (κ2) is 9.13. The van der Waals surface area contributed by atoms with Crippen LogP contribution in [0.25, 0.3) is 0 Å². The lowest BCUT2D eigenvalue weighted by Crippen LogP contribution is -2.49. The van der Waals surface area contributed by atoms with Crippen LogP contribution >= 0.6 is 22.9 Å². The van der Waals surface area contributed by atoms with Crippen LogP contribution in [0.15, 0.2) is 35.2 Å². The standard InChI is InChI=1S/C21H25ClN4O2S/c22-17-1-2-19(23-13-17)25-8-3-15(4-9-25)21(28)26-10-5-18(6-11-26)24-20(27)16-7-12-29-14-16/h1-2,7,12-15,18H,3-6,8-11H2,(H,24,27). The lowest BCUT2D eigenvalue weighted by atomic mass is 9.93. The van der Waals surface area contributed by atoms with Crippen molar-refractivity contribution in [1.29, 1.82) is 0 Å². The molecule has 0 radical (unpaired) electrons. The third-order valence-corrected chi connectivity index (χ3v) is 6.71. The molecule has 0 saturated carbocycles. The maximum absolute atomic E-state index is 12.9. The van der Waals surface area contributed by atoms with Crippen molar-refractivity contribution in [2.45, 2.75) is 31.7 Å². The van der Waals surface area contributed by atoms with Gasteiger partial charge in [0.25, 0.3) is 5.91 Å². The molecule has 29 heavy (non-hydrogen) atoms. The Labute approximate surface area is 179 Å². The zero-order valence-corrected chi connectivity index (χ0v) is 17.8. The molecule has 4 heterocycles. The van der Waals surface area contributed by atoms with Crippen molar-refractivity contribution in [3.8, 4) is 0 Å². The highest BCUT2D eigenvalue weighted by atomic mass is 35.5. The minimum absolute atomic E-state index is 0.0146. The van der Waals surface area contributed by atoms with Crippen LogP contribution in [0.2, 0.25) is 5.02 Å². The predicted molar refractivity (Wildman–Crippen MR) is 116 cm³/mol. The van der Waals surface area contributed by atoms with Crippen molar-refractivity contribution in [3.63, 3.8) is 0 Å². The fraction of sp³-hybridized carbons (Fsp3) is 0.476. The van der Waals surface area contributed by atoms with Gasteiger partial charge in [-0.25, -0.2) is 4.98 Å². The van der Waals surface area contributed by atoms with Gasteiger partial charge in [-0.15, -0.1) is 0 Å². The first-order valence-electron chi connectivity index (χ1n) is 10.1. The number of halogens is 1. The third kappa shape index (κ3) is 4.90. The molecule has 154 valence electrons. The molecule has 0 unspecified atom stereocenters. The summed E-state index contributed by atoms with van der Waals surface area (Å²) in [6.07, 6.45) is 4.98. The van der Waals surface area contributed by atoms with Gasteiger partial charge in [0, 0.05) is 55.3 Å². The van der Waals surface area contributed by atoms with Crippen molar-refractivity contribution in [2.24, 2.45) is 5.92 Å². The van der Waals surface area contributed by atoms with Crippen molar-refractivity contribution < 1.29 is 9.59 Å². The number of nitrogens with zero attached hydrogens (tertiary/aromatic N) is 3. The highest BCUT2D eigenvalue weighted by molar-refractivity contribution is 7.08. The van der Waals surface area contributed by atoms with E-state index in [9.17, 15) is 9.59 Å². The number of amides is 2. The molecule has 0 aromatic carbocycles. The van der Waals surface area contributed by atoms with Crippen LogP contribution < -0.4 is 10.2 Å². The molecule has 6 nitrogen and oxygen atoms in total. The zero-order chi connectivity index (χ0) is 20.2. The Balaban J connectivity index is 1.23. The van der Waals surface area contributed by atoms with Crippen molar-refractivity contribution >= 4 is 40.6 Å². The summed E-state index contributed by atoms with van der Waals surface area (Å²) in [4.78, 5) is 33.7. The molecule has 2 aromatic heterocycles. The first-order chi connectivity index (χ1) is 14.1. The average Bonchev–Trinajstić information content (AvgIpc) is 3.30. The van der Waals surface area contributed by atoms with E-state index in [1.807, 2.05) is 33.9 Å². The Morgan fingerprint density at radius 2 is 1.83 bits per heavy atom. The summed E-state index contributed by atoms with van der Waals surface area (Å²) in [5.74, 6) is 1.24. The fourth-order valence-electron chi connectivity index (χ4n) is 4.08. The van der Waals surface area contributed by atoms with Crippen LogP contribution in [0.5, 0.6) is 0 Å². The van der Waals surface area contributed by atoms with Crippen LogP contribution in [-0.2, 0) is 4.79 Å². The number of aromatic nitrogens is 1. The van der Waals surface area contributed by atoms with Crippen LogP contribution in [0.3, 0.4) is 0 Å². The average molecular weight is 433 g/mol. The van der Waals surface area contributed by atoms with Crippen LogP contribution in [-0.4, -0.2) is 53.9 Å². The van der Waals surface area contributed by atoms with Gasteiger partial charge in [0.1, 0.15) is 5.82 Å². The molecule has 8 heteroatoms. The van der Waals surface area contributed by atoms with Crippen molar-refractivity contribution in [2.75, 3.05) is 31.1 Å². The minimum Gasteiger partial charge on any atom is -0.357 e. The molecule has 0 bridgehead atoms. The maximum atomic E-state index is 12.9. The van der Waals surface area contributed by atoms with Gasteiger partial charge in [0.05, 0.1) is 5.02 Å². The monoisotopic (exact) mass is 432 g/mol. The summed E-state index contributed by atoms with van der Waals surface area (Å²) < 4.78 is 0. The Bertz CT molecular complexity index is 827. The number of hydrogen-bond donors (Lipinski definition) is 1. The fourth-order valence-corrected chi connectivity index (χ4v) is 4.82. The summed E-state index contributed by atoms with van der Waals surface area (Å²) in [5, 5.41) is 7.50. The molecular weight excluding hydrogens is 408 g/mol. The Hall–Kier alpha value is -2.12. The number of carbonyl (C=O) groups is 2.